The fraction of sp³-hybridized carbons (Fsp3) is 0.133. The summed E-state index contributed by atoms with van der Waals surface area (Å²) in [7, 11) is 1.63. The van der Waals surface area contributed by atoms with Gasteiger partial charge in [0.25, 0.3) is 0 Å². The molecule has 4 rings (SSSR count). The molecular formula is C30H27NO4. The zero-order valence-corrected chi connectivity index (χ0v) is 19.5. The lowest BCUT2D eigenvalue weighted by Gasteiger charge is -2.15. The van der Waals surface area contributed by atoms with Gasteiger partial charge in [-0.1, -0.05) is 97.1 Å². The number of aliphatic carboxylic acids is 1. The molecule has 0 aliphatic heterocycles. The monoisotopic (exact) mass is 465 g/mol. The van der Waals surface area contributed by atoms with Crippen molar-refractivity contribution in [3.63, 3.8) is 0 Å². The third-order valence-electron chi connectivity index (χ3n) is 5.87. The zero-order chi connectivity index (χ0) is 24.6. The van der Waals surface area contributed by atoms with E-state index in [4.69, 9.17) is 4.74 Å². The number of benzene rings is 4. The number of rotatable bonds is 9. The van der Waals surface area contributed by atoms with E-state index >= 15 is 0 Å². The van der Waals surface area contributed by atoms with E-state index in [9.17, 15) is 14.7 Å². The molecule has 4 aromatic rings. The van der Waals surface area contributed by atoms with Crippen LogP contribution in [0.1, 0.15) is 11.1 Å². The van der Waals surface area contributed by atoms with Gasteiger partial charge < -0.3 is 15.2 Å². The number of carboxylic acids is 1. The Kier molecular flexibility index (Phi) is 7.58. The molecule has 2 N–H and O–H groups in total. The summed E-state index contributed by atoms with van der Waals surface area (Å²) in [5.74, 6) is -0.616. The number of carboxylic acid groups (broad SMARTS) is 1. The fourth-order valence-corrected chi connectivity index (χ4v) is 4.02. The standard InChI is InChI=1S/C30H27NO4/c1-35-28-10-6-5-9-26(28)25-17-13-21(14-18-25)19-27(30(33)34)31-29(32)20-22-11-15-24(16-12-22)23-7-3-2-4-8-23/h2-18,27H,19-20H2,1H3,(H,31,32)(H,33,34)/t27-/m0/s1. The number of hydrogen-bond acceptors (Lipinski definition) is 3. The van der Waals surface area contributed by atoms with Crippen LogP contribution in [0.4, 0.5) is 0 Å². The average Bonchev–Trinajstić information content (AvgIpc) is 2.89. The third kappa shape index (κ3) is 6.15. The lowest BCUT2D eigenvalue weighted by molar-refractivity contribution is -0.141. The predicted octanol–water partition coefficient (Wildman–Crippen LogP) is 5.38. The van der Waals surface area contributed by atoms with E-state index in [2.05, 4.69) is 5.32 Å². The van der Waals surface area contributed by atoms with Crippen LogP contribution in [0.15, 0.2) is 103 Å². The summed E-state index contributed by atoms with van der Waals surface area (Å²) in [6.45, 7) is 0. The van der Waals surface area contributed by atoms with Gasteiger partial charge in [-0.15, -0.1) is 0 Å². The van der Waals surface area contributed by atoms with Crippen LogP contribution in [-0.2, 0) is 22.4 Å². The number of para-hydroxylation sites is 1. The molecule has 0 radical (unpaired) electrons. The van der Waals surface area contributed by atoms with Gasteiger partial charge in [-0.05, 0) is 33.9 Å². The lowest BCUT2D eigenvalue weighted by Crippen LogP contribution is -2.43. The van der Waals surface area contributed by atoms with Gasteiger partial charge in [0.15, 0.2) is 0 Å². The van der Waals surface area contributed by atoms with Crippen LogP contribution in [0.2, 0.25) is 0 Å². The summed E-state index contributed by atoms with van der Waals surface area (Å²) in [6.07, 6.45) is 0.311. The van der Waals surface area contributed by atoms with Crippen LogP contribution in [0.3, 0.4) is 0 Å². The highest BCUT2D eigenvalue weighted by atomic mass is 16.5. The first-order valence-electron chi connectivity index (χ1n) is 11.4. The van der Waals surface area contributed by atoms with Crippen molar-refractivity contribution in [2.45, 2.75) is 18.9 Å². The summed E-state index contributed by atoms with van der Waals surface area (Å²) in [5, 5.41) is 12.3. The Morgan fingerprint density at radius 1 is 0.743 bits per heavy atom. The molecule has 0 spiro atoms. The summed E-state index contributed by atoms with van der Waals surface area (Å²) in [4.78, 5) is 24.4. The van der Waals surface area contributed by atoms with Crippen molar-refractivity contribution in [1.82, 2.24) is 5.32 Å². The highest BCUT2D eigenvalue weighted by Gasteiger charge is 2.20. The predicted molar refractivity (Wildman–Crippen MR) is 137 cm³/mol. The van der Waals surface area contributed by atoms with E-state index in [1.807, 2.05) is 103 Å². The van der Waals surface area contributed by atoms with Gasteiger partial charge in [0, 0.05) is 12.0 Å². The van der Waals surface area contributed by atoms with Crippen molar-refractivity contribution in [2.24, 2.45) is 0 Å². The molecule has 0 aromatic heterocycles. The number of ether oxygens (including phenoxy) is 1. The third-order valence-corrected chi connectivity index (χ3v) is 5.87. The Morgan fingerprint density at radius 2 is 1.31 bits per heavy atom. The minimum absolute atomic E-state index is 0.117. The van der Waals surface area contributed by atoms with Gasteiger partial charge in [-0.25, -0.2) is 4.79 Å². The van der Waals surface area contributed by atoms with Crippen LogP contribution >= 0.6 is 0 Å². The van der Waals surface area contributed by atoms with Crippen molar-refractivity contribution in [2.75, 3.05) is 7.11 Å². The van der Waals surface area contributed by atoms with Crippen molar-refractivity contribution in [3.05, 3.63) is 114 Å². The van der Waals surface area contributed by atoms with E-state index < -0.39 is 12.0 Å². The average molecular weight is 466 g/mol. The Morgan fingerprint density at radius 3 is 1.97 bits per heavy atom. The maximum Gasteiger partial charge on any atom is 0.326 e. The molecule has 0 aliphatic carbocycles. The van der Waals surface area contributed by atoms with Gasteiger partial charge in [0.1, 0.15) is 11.8 Å². The number of carbonyl (C=O) groups excluding carboxylic acids is 1. The first-order valence-corrected chi connectivity index (χ1v) is 11.4. The molecular weight excluding hydrogens is 438 g/mol. The molecule has 4 aromatic carbocycles. The van der Waals surface area contributed by atoms with E-state index in [0.29, 0.717) is 0 Å². The van der Waals surface area contributed by atoms with E-state index in [-0.39, 0.29) is 18.7 Å². The number of nitrogens with one attached hydrogen (secondary N) is 1. The first kappa shape index (κ1) is 23.8. The molecule has 5 heteroatoms. The number of hydrogen-bond donors (Lipinski definition) is 2. The molecule has 176 valence electrons. The smallest absolute Gasteiger partial charge is 0.326 e. The van der Waals surface area contributed by atoms with E-state index in [1.165, 1.54) is 0 Å². The van der Waals surface area contributed by atoms with E-state index in [1.54, 1.807) is 7.11 Å². The summed E-state index contributed by atoms with van der Waals surface area (Å²) >= 11 is 0. The normalized spacial score (nSPS) is 11.5. The number of amides is 1. The topological polar surface area (TPSA) is 75.6 Å². The molecule has 0 saturated heterocycles. The van der Waals surface area contributed by atoms with Gasteiger partial charge in [0.2, 0.25) is 5.91 Å². The molecule has 0 saturated carbocycles. The van der Waals surface area contributed by atoms with Crippen molar-refractivity contribution in [3.8, 4) is 28.0 Å². The second kappa shape index (κ2) is 11.2. The van der Waals surface area contributed by atoms with Crippen molar-refractivity contribution < 1.29 is 19.4 Å². The maximum absolute atomic E-state index is 12.6. The van der Waals surface area contributed by atoms with E-state index in [0.717, 1.165) is 39.1 Å². The molecule has 0 fully saturated rings. The Labute approximate surface area is 205 Å². The molecule has 35 heavy (non-hydrogen) atoms. The molecule has 0 bridgehead atoms. The first-order chi connectivity index (χ1) is 17.0. The Bertz CT molecular complexity index is 1280. The molecule has 5 nitrogen and oxygen atoms in total. The molecule has 0 aliphatic rings. The number of carbonyl (C=O) groups is 2. The van der Waals surface area contributed by atoms with Crippen LogP contribution in [0.5, 0.6) is 5.75 Å². The molecule has 0 unspecified atom stereocenters. The number of methoxy groups -OCH3 is 1. The maximum atomic E-state index is 12.6. The van der Waals surface area contributed by atoms with Crippen LogP contribution < -0.4 is 10.1 Å². The van der Waals surface area contributed by atoms with Gasteiger partial charge in [0.05, 0.1) is 13.5 Å². The Hall–Kier alpha value is -4.38. The summed E-state index contributed by atoms with van der Waals surface area (Å²) in [6, 6.07) is 32.1. The molecule has 1 atom stereocenters. The highest BCUT2D eigenvalue weighted by Crippen LogP contribution is 2.29. The minimum Gasteiger partial charge on any atom is -0.496 e. The van der Waals surface area contributed by atoms with Crippen molar-refractivity contribution in [1.29, 1.82) is 0 Å². The fourth-order valence-electron chi connectivity index (χ4n) is 4.02. The SMILES string of the molecule is COc1ccccc1-c1ccc(C[C@H](NC(=O)Cc2ccc(-c3ccccc3)cc2)C(=O)O)cc1. The second-order valence-electron chi connectivity index (χ2n) is 8.30. The molecule has 0 heterocycles. The van der Waals surface area contributed by atoms with Gasteiger partial charge in [-0.3, -0.25) is 4.79 Å². The second-order valence-corrected chi connectivity index (χ2v) is 8.30. The van der Waals surface area contributed by atoms with Gasteiger partial charge in [-0.2, -0.15) is 0 Å². The zero-order valence-electron chi connectivity index (χ0n) is 19.5. The molecule has 1 amide bonds. The van der Waals surface area contributed by atoms with Crippen LogP contribution in [-0.4, -0.2) is 30.1 Å². The largest absolute Gasteiger partial charge is 0.496 e. The highest BCUT2D eigenvalue weighted by molar-refractivity contribution is 5.85. The van der Waals surface area contributed by atoms with Crippen LogP contribution in [0.25, 0.3) is 22.3 Å². The summed E-state index contributed by atoms with van der Waals surface area (Å²) in [5.41, 5.74) is 5.75. The Balaban J connectivity index is 1.38. The van der Waals surface area contributed by atoms with Gasteiger partial charge >= 0.3 is 5.97 Å². The van der Waals surface area contributed by atoms with Crippen molar-refractivity contribution >= 4 is 11.9 Å². The lowest BCUT2D eigenvalue weighted by atomic mass is 9.99. The quantitative estimate of drug-likeness (QED) is 0.348. The minimum atomic E-state index is -1.06. The summed E-state index contributed by atoms with van der Waals surface area (Å²) < 4.78 is 5.42. The van der Waals surface area contributed by atoms with Crippen LogP contribution in [0, 0.1) is 0 Å².